The molecule has 0 aliphatic heterocycles. The summed E-state index contributed by atoms with van der Waals surface area (Å²) >= 11 is 7.25. The number of para-hydroxylation sites is 1. The monoisotopic (exact) mass is 401 g/mol. The van der Waals surface area contributed by atoms with Crippen LogP contribution in [0.5, 0.6) is 0 Å². The first kappa shape index (κ1) is 19.5. The molecule has 27 heavy (non-hydrogen) atoms. The summed E-state index contributed by atoms with van der Waals surface area (Å²) in [5.41, 5.74) is 1.12. The first-order valence-electron chi connectivity index (χ1n) is 8.73. The van der Waals surface area contributed by atoms with Crippen molar-refractivity contribution in [1.82, 2.24) is 14.5 Å². The van der Waals surface area contributed by atoms with E-state index >= 15 is 0 Å². The van der Waals surface area contributed by atoms with Gasteiger partial charge in [-0.1, -0.05) is 35.5 Å². The maximum absolute atomic E-state index is 13.1. The predicted octanol–water partition coefficient (Wildman–Crippen LogP) is 4.00. The van der Waals surface area contributed by atoms with Gasteiger partial charge in [-0.2, -0.15) is 0 Å². The van der Waals surface area contributed by atoms with E-state index in [0.717, 1.165) is 0 Å². The summed E-state index contributed by atoms with van der Waals surface area (Å²) in [6, 6.07) is 14.2. The number of benzene rings is 2. The molecule has 1 aromatic heterocycles. The molecule has 7 heteroatoms. The van der Waals surface area contributed by atoms with Crippen LogP contribution in [-0.2, 0) is 4.79 Å². The molecule has 0 saturated carbocycles. The van der Waals surface area contributed by atoms with E-state index in [1.54, 1.807) is 45.9 Å². The summed E-state index contributed by atoms with van der Waals surface area (Å²) < 4.78 is 1.54. The molecule has 0 N–H and O–H groups in total. The second kappa shape index (κ2) is 8.59. The number of aromatic nitrogens is 2. The average Bonchev–Trinajstić information content (AvgIpc) is 2.68. The van der Waals surface area contributed by atoms with E-state index in [9.17, 15) is 9.59 Å². The van der Waals surface area contributed by atoms with Crippen molar-refractivity contribution >= 4 is 40.2 Å². The Kier molecular flexibility index (Phi) is 6.19. The van der Waals surface area contributed by atoms with E-state index in [-0.39, 0.29) is 17.2 Å². The van der Waals surface area contributed by atoms with Gasteiger partial charge < -0.3 is 4.90 Å². The maximum atomic E-state index is 13.1. The second-order valence-corrected chi connectivity index (χ2v) is 7.26. The Morgan fingerprint density at radius 1 is 1.11 bits per heavy atom. The largest absolute Gasteiger partial charge is 0.343 e. The van der Waals surface area contributed by atoms with Crippen LogP contribution in [0.25, 0.3) is 16.6 Å². The van der Waals surface area contributed by atoms with Crippen molar-refractivity contribution in [1.29, 1.82) is 0 Å². The van der Waals surface area contributed by atoms with E-state index in [1.807, 2.05) is 26.0 Å². The zero-order valence-electron chi connectivity index (χ0n) is 15.2. The number of thioether (sulfide) groups is 1. The summed E-state index contributed by atoms with van der Waals surface area (Å²) in [7, 11) is 0. The van der Waals surface area contributed by atoms with E-state index < -0.39 is 0 Å². The maximum Gasteiger partial charge on any atom is 0.266 e. The Balaban J connectivity index is 2.07. The fraction of sp³-hybridized carbons (Fsp3) is 0.250. The third kappa shape index (κ3) is 4.17. The van der Waals surface area contributed by atoms with Crippen LogP contribution in [0, 0.1) is 0 Å². The minimum Gasteiger partial charge on any atom is -0.343 e. The van der Waals surface area contributed by atoms with Crippen LogP contribution >= 0.6 is 23.4 Å². The van der Waals surface area contributed by atoms with Crippen molar-refractivity contribution in [3.63, 3.8) is 0 Å². The van der Waals surface area contributed by atoms with Crippen molar-refractivity contribution < 1.29 is 4.79 Å². The van der Waals surface area contributed by atoms with Gasteiger partial charge in [-0.15, -0.1) is 0 Å². The van der Waals surface area contributed by atoms with Gasteiger partial charge in [0, 0.05) is 18.1 Å². The standard InChI is InChI=1S/C20H20ClN3O2S/c1-3-23(4-2)18(25)13-27-20-22-17-8-6-5-7-16(17)19(26)24(20)15-11-9-14(21)10-12-15/h5-12H,3-4,13H2,1-2H3. The van der Waals surface area contributed by atoms with Gasteiger partial charge in [-0.25, -0.2) is 4.98 Å². The fourth-order valence-corrected chi connectivity index (χ4v) is 3.86. The van der Waals surface area contributed by atoms with Gasteiger partial charge in [0.25, 0.3) is 5.56 Å². The molecule has 1 heterocycles. The Labute approximate surface area is 167 Å². The lowest BCUT2D eigenvalue weighted by atomic mass is 10.2. The van der Waals surface area contributed by atoms with Crippen LogP contribution < -0.4 is 5.56 Å². The van der Waals surface area contributed by atoms with Crippen LogP contribution in [0.1, 0.15) is 13.8 Å². The van der Waals surface area contributed by atoms with E-state index in [4.69, 9.17) is 11.6 Å². The van der Waals surface area contributed by atoms with Gasteiger partial charge in [0.15, 0.2) is 5.16 Å². The lowest BCUT2D eigenvalue weighted by Crippen LogP contribution is -2.32. The zero-order chi connectivity index (χ0) is 19.4. The van der Waals surface area contributed by atoms with Gasteiger partial charge >= 0.3 is 0 Å². The molecule has 3 rings (SSSR count). The van der Waals surface area contributed by atoms with Gasteiger partial charge in [-0.3, -0.25) is 14.2 Å². The summed E-state index contributed by atoms with van der Waals surface area (Å²) in [5, 5.41) is 1.61. The molecular weight excluding hydrogens is 382 g/mol. The smallest absolute Gasteiger partial charge is 0.266 e. The van der Waals surface area contributed by atoms with Crippen molar-refractivity contribution in [2.24, 2.45) is 0 Å². The quantitative estimate of drug-likeness (QED) is 0.462. The summed E-state index contributed by atoms with van der Waals surface area (Å²) in [6.07, 6.45) is 0. The van der Waals surface area contributed by atoms with Crippen molar-refractivity contribution in [2.45, 2.75) is 19.0 Å². The number of nitrogens with zero attached hydrogens (tertiary/aromatic N) is 3. The molecule has 0 saturated heterocycles. The Morgan fingerprint density at radius 2 is 1.78 bits per heavy atom. The number of amides is 1. The Morgan fingerprint density at radius 3 is 2.44 bits per heavy atom. The van der Waals surface area contributed by atoms with Crippen LogP contribution in [0.2, 0.25) is 5.02 Å². The molecular formula is C20H20ClN3O2S. The molecule has 0 radical (unpaired) electrons. The van der Waals surface area contributed by atoms with E-state index in [1.165, 1.54) is 11.8 Å². The first-order valence-corrected chi connectivity index (χ1v) is 10.1. The van der Waals surface area contributed by atoms with Gasteiger partial charge in [0.2, 0.25) is 5.91 Å². The van der Waals surface area contributed by atoms with E-state index in [0.29, 0.717) is 39.9 Å². The lowest BCUT2D eigenvalue weighted by molar-refractivity contribution is -0.127. The number of halogens is 1. The summed E-state index contributed by atoms with van der Waals surface area (Å²) in [5.74, 6) is 0.245. The van der Waals surface area contributed by atoms with Crippen LogP contribution in [0.15, 0.2) is 58.5 Å². The van der Waals surface area contributed by atoms with Crippen molar-refractivity contribution in [2.75, 3.05) is 18.8 Å². The highest BCUT2D eigenvalue weighted by atomic mass is 35.5. The van der Waals surface area contributed by atoms with Gasteiger partial charge in [-0.05, 0) is 50.2 Å². The Hall–Kier alpha value is -2.31. The highest BCUT2D eigenvalue weighted by molar-refractivity contribution is 7.99. The Bertz CT molecular complexity index is 1010. The molecule has 0 atom stereocenters. The molecule has 5 nitrogen and oxygen atoms in total. The first-order chi connectivity index (χ1) is 13.0. The number of hydrogen-bond donors (Lipinski definition) is 0. The third-order valence-electron chi connectivity index (χ3n) is 4.27. The van der Waals surface area contributed by atoms with Crippen LogP contribution in [0.3, 0.4) is 0 Å². The molecule has 0 bridgehead atoms. The van der Waals surface area contributed by atoms with Crippen LogP contribution in [0.4, 0.5) is 0 Å². The minimum absolute atomic E-state index is 0.0232. The second-order valence-electron chi connectivity index (χ2n) is 5.88. The molecule has 140 valence electrons. The van der Waals surface area contributed by atoms with Gasteiger partial charge in [0.1, 0.15) is 0 Å². The average molecular weight is 402 g/mol. The summed E-state index contributed by atoms with van der Waals surface area (Å²) in [4.78, 5) is 31.9. The molecule has 0 fully saturated rings. The topological polar surface area (TPSA) is 55.2 Å². The van der Waals surface area contributed by atoms with Crippen molar-refractivity contribution in [3.8, 4) is 5.69 Å². The number of carbonyl (C=O) groups is 1. The number of fused-ring (bicyclic) bond motifs is 1. The van der Waals surface area contributed by atoms with Crippen molar-refractivity contribution in [3.05, 3.63) is 63.9 Å². The number of rotatable bonds is 6. The number of carbonyl (C=O) groups excluding carboxylic acids is 1. The summed E-state index contributed by atoms with van der Waals surface area (Å²) in [6.45, 7) is 5.21. The normalized spacial score (nSPS) is 10.9. The molecule has 1 amide bonds. The third-order valence-corrected chi connectivity index (χ3v) is 5.45. The molecule has 0 aliphatic carbocycles. The molecule has 3 aromatic rings. The molecule has 2 aromatic carbocycles. The highest BCUT2D eigenvalue weighted by Crippen LogP contribution is 2.22. The molecule has 0 spiro atoms. The number of hydrogen-bond acceptors (Lipinski definition) is 4. The zero-order valence-corrected chi connectivity index (χ0v) is 16.8. The molecule has 0 aliphatic rings. The minimum atomic E-state index is -0.166. The predicted molar refractivity (Wildman–Crippen MR) is 111 cm³/mol. The highest BCUT2D eigenvalue weighted by Gasteiger charge is 2.16. The van der Waals surface area contributed by atoms with Gasteiger partial charge in [0.05, 0.1) is 22.3 Å². The van der Waals surface area contributed by atoms with E-state index in [2.05, 4.69) is 4.98 Å². The SMILES string of the molecule is CCN(CC)C(=O)CSc1nc2ccccc2c(=O)n1-c1ccc(Cl)cc1. The fourth-order valence-electron chi connectivity index (χ4n) is 2.82. The molecule has 0 unspecified atom stereocenters. The lowest BCUT2D eigenvalue weighted by Gasteiger charge is -2.19. The van der Waals surface area contributed by atoms with Crippen LogP contribution in [-0.4, -0.2) is 39.2 Å².